The van der Waals surface area contributed by atoms with Crippen molar-refractivity contribution in [3.05, 3.63) is 44.1 Å². The van der Waals surface area contributed by atoms with Gasteiger partial charge in [0.2, 0.25) is 5.13 Å². The summed E-state index contributed by atoms with van der Waals surface area (Å²) in [5, 5.41) is 6.13. The van der Waals surface area contributed by atoms with Crippen LogP contribution in [0.5, 0.6) is 0 Å². The van der Waals surface area contributed by atoms with E-state index < -0.39 is 5.82 Å². The topological polar surface area (TPSA) is 63.6 Å². The van der Waals surface area contributed by atoms with Crippen molar-refractivity contribution in [3.63, 3.8) is 0 Å². The number of hydrogen-bond acceptors (Lipinski definition) is 6. The first kappa shape index (κ1) is 17.8. The van der Waals surface area contributed by atoms with Crippen LogP contribution in [0.1, 0.15) is 18.2 Å². The molecule has 0 aliphatic carbocycles. The number of halogens is 3. The van der Waals surface area contributed by atoms with Crippen LogP contribution in [0.2, 0.25) is 5.02 Å². The molecular formula is C14H12BrClFN3O2S. The SMILES string of the molecule is CCOC(=O)Cc1csc(NN=Cc2ccc(Br)c(Cl)c2F)n1. The van der Waals surface area contributed by atoms with Crippen LogP contribution in [0.25, 0.3) is 0 Å². The number of hydrogen-bond donors (Lipinski definition) is 1. The highest BCUT2D eigenvalue weighted by atomic mass is 79.9. The zero-order valence-electron chi connectivity index (χ0n) is 12.0. The third-order valence-corrected chi connectivity index (χ3v) is 4.67. The Bertz CT molecular complexity index is 739. The maximum atomic E-state index is 13.9. The van der Waals surface area contributed by atoms with Gasteiger partial charge in [0.1, 0.15) is 0 Å². The molecular weight excluding hydrogens is 409 g/mol. The maximum Gasteiger partial charge on any atom is 0.311 e. The molecule has 9 heteroatoms. The van der Waals surface area contributed by atoms with Crippen LogP contribution >= 0.6 is 38.9 Å². The Morgan fingerprint density at radius 2 is 2.39 bits per heavy atom. The number of esters is 1. The summed E-state index contributed by atoms with van der Waals surface area (Å²) in [5.41, 5.74) is 3.51. The number of rotatable bonds is 6. The normalized spacial score (nSPS) is 11.0. The maximum absolute atomic E-state index is 13.9. The van der Waals surface area contributed by atoms with Gasteiger partial charge in [-0.2, -0.15) is 5.10 Å². The van der Waals surface area contributed by atoms with Gasteiger partial charge in [-0.05, 0) is 35.0 Å². The highest BCUT2D eigenvalue weighted by molar-refractivity contribution is 9.10. The van der Waals surface area contributed by atoms with Crippen molar-refractivity contribution in [1.29, 1.82) is 0 Å². The van der Waals surface area contributed by atoms with Gasteiger partial charge in [0, 0.05) is 15.4 Å². The van der Waals surface area contributed by atoms with Gasteiger partial charge in [-0.3, -0.25) is 10.2 Å². The highest BCUT2D eigenvalue weighted by Crippen LogP contribution is 2.26. The molecule has 1 aromatic heterocycles. The summed E-state index contributed by atoms with van der Waals surface area (Å²) in [6.45, 7) is 2.08. The van der Waals surface area contributed by atoms with Gasteiger partial charge < -0.3 is 4.74 Å². The number of hydrazone groups is 1. The Balaban J connectivity index is 1.97. The van der Waals surface area contributed by atoms with Crippen LogP contribution in [-0.2, 0) is 16.0 Å². The number of carbonyl (C=O) groups excluding carboxylic acids is 1. The molecule has 0 amide bonds. The van der Waals surface area contributed by atoms with E-state index in [1.165, 1.54) is 17.6 Å². The summed E-state index contributed by atoms with van der Waals surface area (Å²) in [5.74, 6) is -0.895. The lowest BCUT2D eigenvalue weighted by Gasteiger charge is -2.01. The van der Waals surface area contributed by atoms with Crippen LogP contribution < -0.4 is 5.43 Å². The minimum Gasteiger partial charge on any atom is -0.466 e. The first-order valence-electron chi connectivity index (χ1n) is 6.53. The third kappa shape index (κ3) is 4.98. The number of nitrogens with one attached hydrogen (secondary N) is 1. The summed E-state index contributed by atoms with van der Waals surface area (Å²) in [6, 6.07) is 3.18. The monoisotopic (exact) mass is 419 g/mol. The Hall–Kier alpha value is -1.51. The molecule has 1 aromatic carbocycles. The molecule has 0 aliphatic heterocycles. The van der Waals surface area contributed by atoms with E-state index >= 15 is 0 Å². The second-order valence-electron chi connectivity index (χ2n) is 4.26. The molecule has 0 unspecified atom stereocenters. The molecule has 0 atom stereocenters. The molecule has 2 rings (SSSR count). The molecule has 122 valence electrons. The number of anilines is 1. The van der Waals surface area contributed by atoms with E-state index in [9.17, 15) is 9.18 Å². The quantitative estimate of drug-likeness (QED) is 0.328. The molecule has 0 radical (unpaired) electrons. The second kappa shape index (κ2) is 8.37. The third-order valence-electron chi connectivity index (χ3n) is 2.61. The standard InChI is InChI=1S/C14H12BrClFN3O2S/c1-2-22-11(21)5-9-7-23-14(19-9)20-18-6-8-3-4-10(15)12(16)13(8)17/h3-4,6-7H,2,5H2,1H3,(H,19,20). The molecule has 1 N–H and O–H groups in total. The molecule has 0 fully saturated rings. The predicted molar refractivity (Wildman–Crippen MR) is 92.8 cm³/mol. The lowest BCUT2D eigenvalue weighted by molar-refractivity contribution is -0.142. The van der Waals surface area contributed by atoms with Crippen LogP contribution in [0.3, 0.4) is 0 Å². The first-order valence-corrected chi connectivity index (χ1v) is 8.59. The molecule has 0 saturated heterocycles. The minimum atomic E-state index is -0.561. The Kier molecular flexibility index (Phi) is 6.49. The predicted octanol–water partition coefficient (Wildman–Crippen LogP) is 4.25. The summed E-state index contributed by atoms with van der Waals surface area (Å²) in [6.07, 6.45) is 1.41. The van der Waals surface area contributed by atoms with Crippen molar-refractivity contribution in [3.8, 4) is 0 Å². The summed E-state index contributed by atoms with van der Waals surface area (Å²) >= 11 is 10.2. The van der Waals surface area contributed by atoms with Crippen molar-refractivity contribution < 1.29 is 13.9 Å². The number of carbonyl (C=O) groups is 1. The van der Waals surface area contributed by atoms with Crippen molar-refractivity contribution in [2.45, 2.75) is 13.3 Å². The van der Waals surface area contributed by atoms with Crippen LogP contribution in [0.15, 0.2) is 27.1 Å². The molecule has 0 spiro atoms. The van der Waals surface area contributed by atoms with E-state index in [2.05, 4.69) is 31.4 Å². The van der Waals surface area contributed by atoms with Crippen molar-refractivity contribution in [1.82, 2.24) is 4.98 Å². The average Bonchev–Trinajstić information content (AvgIpc) is 2.95. The summed E-state index contributed by atoms with van der Waals surface area (Å²) in [7, 11) is 0. The summed E-state index contributed by atoms with van der Waals surface area (Å²) in [4.78, 5) is 15.5. The fraction of sp³-hybridized carbons (Fsp3) is 0.214. The molecule has 23 heavy (non-hydrogen) atoms. The van der Waals surface area contributed by atoms with E-state index in [-0.39, 0.29) is 23.0 Å². The van der Waals surface area contributed by atoms with E-state index in [1.807, 2.05) is 0 Å². The van der Waals surface area contributed by atoms with Gasteiger partial charge in [0.15, 0.2) is 5.82 Å². The lowest BCUT2D eigenvalue weighted by Crippen LogP contribution is -2.07. The smallest absolute Gasteiger partial charge is 0.311 e. The molecule has 0 saturated carbocycles. The Labute approximate surface area is 149 Å². The Morgan fingerprint density at radius 3 is 3.13 bits per heavy atom. The van der Waals surface area contributed by atoms with E-state index in [0.717, 1.165) is 0 Å². The van der Waals surface area contributed by atoms with Crippen LogP contribution in [0.4, 0.5) is 9.52 Å². The number of benzene rings is 1. The van der Waals surface area contributed by atoms with Crippen molar-refractivity contribution in [2.24, 2.45) is 5.10 Å². The lowest BCUT2D eigenvalue weighted by atomic mass is 10.2. The van der Waals surface area contributed by atoms with Crippen LogP contribution in [-0.4, -0.2) is 23.8 Å². The molecule has 0 aliphatic rings. The summed E-state index contributed by atoms with van der Waals surface area (Å²) < 4.78 is 19.2. The largest absolute Gasteiger partial charge is 0.466 e. The van der Waals surface area contributed by atoms with Gasteiger partial charge in [-0.1, -0.05) is 11.6 Å². The fourth-order valence-electron chi connectivity index (χ4n) is 1.60. The van der Waals surface area contributed by atoms with Gasteiger partial charge >= 0.3 is 5.97 Å². The van der Waals surface area contributed by atoms with Gasteiger partial charge in [-0.25, -0.2) is 9.37 Å². The van der Waals surface area contributed by atoms with E-state index in [4.69, 9.17) is 16.3 Å². The van der Waals surface area contributed by atoms with E-state index in [0.29, 0.717) is 21.9 Å². The first-order chi connectivity index (χ1) is 11.0. The number of ether oxygens (including phenoxy) is 1. The van der Waals surface area contributed by atoms with Crippen LogP contribution in [0, 0.1) is 5.82 Å². The van der Waals surface area contributed by atoms with Gasteiger partial charge in [-0.15, -0.1) is 11.3 Å². The number of thiazole rings is 1. The second-order valence-corrected chi connectivity index (χ2v) is 6.35. The van der Waals surface area contributed by atoms with E-state index in [1.54, 1.807) is 24.4 Å². The number of aromatic nitrogens is 1. The molecule has 0 bridgehead atoms. The molecule has 1 heterocycles. The van der Waals surface area contributed by atoms with Gasteiger partial charge in [0.25, 0.3) is 0 Å². The highest BCUT2D eigenvalue weighted by Gasteiger charge is 2.09. The van der Waals surface area contributed by atoms with Crippen molar-refractivity contribution in [2.75, 3.05) is 12.0 Å². The minimum absolute atomic E-state index is 0.0000728. The Morgan fingerprint density at radius 1 is 1.61 bits per heavy atom. The number of nitrogens with zero attached hydrogens (tertiary/aromatic N) is 2. The van der Waals surface area contributed by atoms with Gasteiger partial charge in [0.05, 0.1) is 30.0 Å². The molecule has 5 nitrogen and oxygen atoms in total. The van der Waals surface area contributed by atoms with Crippen molar-refractivity contribution >= 4 is 56.2 Å². The average molecular weight is 421 g/mol. The zero-order valence-corrected chi connectivity index (χ0v) is 15.1. The fourth-order valence-corrected chi connectivity index (χ4v) is 2.73. The molecule has 2 aromatic rings. The zero-order chi connectivity index (χ0) is 16.8.